The Bertz CT molecular complexity index is 1880. The number of aromatic nitrogens is 3. The number of rotatable bonds is 7. The van der Waals surface area contributed by atoms with Gasteiger partial charge in [-0.3, -0.25) is 9.59 Å². The summed E-state index contributed by atoms with van der Waals surface area (Å²) in [6.07, 6.45) is 6.04. The molecule has 5 aromatic rings. The highest BCUT2D eigenvalue weighted by Gasteiger charge is 2.22. The highest BCUT2D eigenvalue weighted by molar-refractivity contribution is 6.43. The Kier molecular flexibility index (Phi) is 7.94. The van der Waals surface area contributed by atoms with Gasteiger partial charge in [-0.1, -0.05) is 35.3 Å². The van der Waals surface area contributed by atoms with Crippen LogP contribution in [0.3, 0.4) is 0 Å². The van der Waals surface area contributed by atoms with E-state index in [2.05, 4.69) is 15.6 Å². The van der Waals surface area contributed by atoms with E-state index in [4.69, 9.17) is 23.2 Å². The number of halogens is 4. The lowest BCUT2D eigenvalue weighted by Crippen LogP contribution is -2.35. The molecule has 0 unspecified atom stereocenters. The average Bonchev–Trinajstić information content (AvgIpc) is 3.52. The van der Waals surface area contributed by atoms with Crippen molar-refractivity contribution in [2.75, 3.05) is 11.9 Å². The third kappa shape index (κ3) is 5.68. The molecule has 5 rings (SSSR count). The molecular formula is C31H27Cl2F2N5O2. The standard InChI is InChI=1S/C31H27Cl2F2N5O2/c1-31(2,3)37-11-5-8-25(41)38-28-20(34)13-17(14-21(28)35)30(42)23-10-9-22-18(7-6-12-40(22)23)26-19(32)15-24-29(27(26)33)36-16-39(24)4/h5-10,12-16,37H,11H2,1-4H3,(H,38,41)/b8-5+. The van der Waals surface area contributed by atoms with E-state index in [1.165, 1.54) is 6.08 Å². The van der Waals surface area contributed by atoms with Gasteiger partial charge in [0.15, 0.2) is 0 Å². The lowest BCUT2D eigenvalue weighted by molar-refractivity contribution is -0.112. The number of aryl methyl sites for hydroxylation is 1. The van der Waals surface area contributed by atoms with Crippen molar-refractivity contribution in [2.24, 2.45) is 7.05 Å². The van der Waals surface area contributed by atoms with Gasteiger partial charge in [0, 0.05) is 48.1 Å². The molecule has 3 aromatic heterocycles. The van der Waals surface area contributed by atoms with Crippen molar-refractivity contribution in [1.82, 2.24) is 19.3 Å². The molecule has 0 bridgehead atoms. The second-order valence-electron chi connectivity index (χ2n) is 10.8. The predicted octanol–water partition coefficient (Wildman–Crippen LogP) is 7.19. The number of nitrogens with one attached hydrogen (secondary N) is 2. The number of hydrogen-bond donors (Lipinski definition) is 2. The Morgan fingerprint density at radius 2 is 1.76 bits per heavy atom. The summed E-state index contributed by atoms with van der Waals surface area (Å²) in [6.45, 7) is 6.31. The highest BCUT2D eigenvalue weighted by atomic mass is 35.5. The van der Waals surface area contributed by atoms with E-state index in [-0.39, 0.29) is 16.8 Å². The second kappa shape index (κ2) is 11.3. The molecule has 0 atom stereocenters. The molecule has 11 heteroatoms. The first-order chi connectivity index (χ1) is 19.9. The lowest BCUT2D eigenvalue weighted by Gasteiger charge is -2.18. The summed E-state index contributed by atoms with van der Waals surface area (Å²) in [4.78, 5) is 30.0. The zero-order valence-electron chi connectivity index (χ0n) is 23.2. The molecule has 0 aliphatic carbocycles. The first-order valence-corrected chi connectivity index (χ1v) is 13.8. The third-order valence-electron chi connectivity index (χ3n) is 6.68. The van der Waals surface area contributed by atoms with Crippen molar-refractivity contribution in [1.29, 1.82) is 0 Å². The molecular weight excluding hydrogens is 583 g/mol. The Morgan fingerprint density at radius 1 is 1.05 bits per heavy atom. The van der Waals surface area contributed by atoms with Crippen molar-refractivity contribution >= 4 is 57.1 Å². The fourth-order valence-corrected chi connectivity index (χ4v) is 5.34. The molecule has 0 fully saturated rings. The monoisotopic (exact) mass is 609 g/mol. The van der Waals surface area contributed by atoms with Gasteiger partial charge < -0.3 is 19.6 Å². The molecule has 0 spiro atoms. The molecule has 42 heavy (non-hydrogen) atoms. The normalized spacial score (nSPS) is 12.1. The predicted molar refractivity (Wildman–Crippen MR) is 162 cm³/mol. The molecule has 0 radical (unpaired) electrons. The molecule has 216 valence electrons. The highest BCUT2D eigenvalue weighted by Crippen LogP contribution is 2.41. The van der Waals surface area contributed by atoms with Gasteiger partial charge in [-0.05, 0) is 57.2 Å². The maximum Gasteiger partial charge on any atom is 0.248 e. The first kappa shape index (κ1) is 29.4. The Morgan fingerprint density at radius 3 is 2.45 bits per heavy atom. The third-order valence-corrected chi connectivity index (χ3v) is 7.34. The Hall–Kier alpha value is -4.05. The van der Waals surface area contributed by atoms with Gasteiger partial charge in [0.25, 0.3) is 0 Å². The minimum atomic E-state index is -1.07. The number of benzene rings is 2. The van der Waals surface area contributed by atoms with Gasteiger partial charge in [0.05, 0.1) is 33.1 Å². The molecule has 1 amide bonds. The summed E-state index contributed by atoms with van der Waals surface area (Å²) in [5.74, 6) is -3.46. The molecule has 2 N–H and O–H groups in total. The quantitative estimate of drug-likeness (QED) is 0.151. The fraction of sp³-hybridized carbons (Fsp3) is 0.194. The van der Waals surface area contributed by atoms with E-state index in [1.54, 1.807) is 47.3 Å². The van der Waals surface area contributed by atoms with Crippen molar-refractivity contribution in [3.8, 4) is 11.1 Å². The van der Waals surface area contributed by atoms with Crippen LogP contribution in [0.2, 0.25) is 10.0 Å². The summed E-state index contributed by atoms with van der Waals surface area (Å²) < 4.78 is 33.3. The fourth-order valence-electron chi connectivity index (χ4n) is 4.64. The maximum atomic E-state index is 14.9. The Labute approximate surface area is 250 Å². The van der Waals surface area contributed by atoms with E-state index in [0.29, 0.717) is 38.8 Å². The smallest absolute Gasteiger partial charge is 0.248 e. The van der Waals surface area contributed by atoms with Gasteiger partial charge in [0.2, 0.25) is 11.7 Å². The van der Waals surface area contributed by atoms with E-state index in [9.17, 15) is 18.4 Å². The van der Waals surface area contributed by atoms with Crippen molar-refractivity contribution < 1.29 is 18.4 Å². The zero-order chi connectivity index (χ0) is 30.3. The summed E-state index contributed by atoms with van der Waals surface area (Å²) in [7, 11) is 1.84. The van der Waals surface area contributed by atoms with E-state index in [1.807, 2.05) is 38.5 Å². The van der Waals surface area contributed by atoms with Crippen LogP contribution in [0.4, 0.5) is 14.5 Å². The number of nitrogens with zero attached hydrogens (tertiary/aromatic N) is 3. The van der Waals surface area contributed by atoms with Gasteiger partial charge in [-0.25, -0.2) is 13.8 Å². The Balaban J connectivity index is 1.44. The second-order valence-corrected chi connectivity index (χ2v) is 11.6. The largest absolute Gasteiger partial charge is 0.334 e. The number of hydrogen-bond acceptors (Lipinski definition) is 4. The number of carbonyl (C=O) groups excluding carboxylic acids is 2. The summed E-state index contributed by atoms with van der Waals surface area (Å²) in [5.41, 5.74) is 2.32. The van der Waals surface area contributed by atoms with Gasteiger partial charge >= 0.3 is 0 Å². The number of amides is 1. The average molecular weight is 610 g/mol. The van der Waals surface area contributed by atoms with Gasteiger partial charge in [-0.15, -0.1) is 0 Å². The number of ketones is 1. The van der Waals surface area contributed by atoms with Crippen LogP contribution in [0.15, 0.2) is 67.1 Å². The molecule has 0 saturated carbocycles. The molecule has 0 saturated heterocycles. The zero-order valence-corrected chi connectivity index (χ0v) is 24.7. The maximum absolute atomic E-state index is 14.9. The van der Waals surface area contributed by atoms with Crippen LogP contribution in [-0.4, -0.2) is 37.7 Å². The summed E-state index contributed by atoms with van der Waals surface area (Å²) >= 11 is 13.4. The van der Waals surface area contributed by atoms with Crippen molar-refractivity contribution in [3.05, 3.63) is 100 Å². The summed E-state index contributed by atoms with van der Waals surface area (Å²) in [5, 5.41) is 6.14. The number of pyridine rings is 1. The van der Waals surface area contributed by atoms with Crippen LogP contribution in [0, 0.1) is 11.6 Å². The molecule has 0 aliphatic heterocycles. The van der Waals surface area contributed by atoms with Crippen LogP contribution >= 0.6 is 23.2 Å². The number of carbonyl (C=O) groups is 2. The molecule has 2 aromatic carbocycles. The molecule has 7 nitrogen and oxygen atoms in total. The van der Waals surface area contributed by atoms with E-state index in [0.717, 1.165) is 17.6 Å². The van der Waals surface area contributed by atoms with Crippen LogP contribution in [0.1, 0.15) is 36.8 Å². The van der Waals surface area contributed by atoms with E-state index < -0.39 is 29.0 Å². The SMILES string of the molecule is Cn1cnc2c(Cl)c(-c3cccn4c(C(=O)c5cc(F)c(NC(=O)/C=C/CNC(C)(C)C)c(F)c5)ccc34)c(Cl)cc21. The molecule has 0 aliphatic rings. The number of anilines is 1. The van der Waals surface area contributed by atoms with Crippen LogP contribution in [0.25, 0.3) is 27.7 Å². The topological polar surface area (TPSA) is 80.4 Å². The van der Waals surface area contributed by atoms with E-state index >= 15 is 0 Å². The van der Waals surface area contributed by atoms with Crippen LogP contribution < -0.4 is 10.6 Å². The first-order valence-electron chi connectivity index (χ1n) is 13.0. The van der Waals surface area contributed by atoms with Crippen LogP contribution in [-0.2, 0) is 11.8 Å². The lowest BCUT2D eigenvalue weighted by atomic mass is 10.0. The summed E-state index contributed by atoms with van der Waals surface area (Å²) in [6, 6.07) is 10.4. The number of fused-ring (bicyclic) bond motifs is 2. The van der Waals surface area contributed by atoms with Crippen molar-refractivity contribution in [2.45, 2.75) is 26.3 Å². The molecule has 3 heterocycles. The van der Waals surface area contributed by atoms with Gasteiger partial charge in [-0.2, -0.15) is 0 Å². The van der Waals surface area contributed by atoms with Crippen LogP contribution in [0.5, 0.6) is 0 Å². The van der Waals surface area contributed by atoms with Gasteiger partial charge in [0.1, 0.15) is 22.8 Å². The minimum Gasteiger partial charge on any atom is -0.334 e. The van der Waals surface area contributed by atoms with Crippen molar-refractivity contribution in [3.63, 3.8) is 0 Å². The minimum absolute atomic E-state index is 0.150. The number of imidazole rings is 1.